The number of amides is 1. The molecule has 6 heteroatoms. The first kappa shape index (κ1) is 18.7. The van der Waals surface area contributed by atoms with Crippen molar-refractivity contribution < 1.29 is 14.7 Å². The molecule has 2 aromatic rings. The first-order valence-electron chi connectivity index (χ1n) is 8.38. The van der Waals surface area contributed by atoms with Gasteiger partial charge in [0.15, 0.2) is 0 Å². The Hall–Kier alpha value is -2.63. The van der Waals surface area contributed by atoms with E-state index < -0.39 is 12.0 Å². The van der Waals surface area contributed by atoms with Gasteiger partial charge in [-0.05, 0) is 39.3 Å². The Kier molecular flexibility index (Phi) is 5.96. The second-order valence-electron chi connectivity index (χ2n) is 6.45. The van der Waals surface area contributed by atoms with Crippen molar-refractivity contribution in [3.8, 4) is 0 Å². The summed E-state index contributed by atoms with van der Waals surface area (Å²) in [6.07, 6.45) is 0.201. The Morgan fingerprint density at radius 2 is 1.84 bits per heavy atom. The molecule has 0 spiro atoms. The van der Waals surface area contributed by atoms with Crippen LogP contribution in [0, 0.1) is 13.8 Å². The van der Waals surface area contributed by atoms with Gasteiger partial charge in [0.1, 0.15) is 6.04 Å². The zero-order valence-electron chi connectivity index (χ0n) is 15.1. The maximum absolute atomic E-state index is 12.8. The summed E-state index contributed by atoms with van der Waals surface area (Å²) in [4.78, 5) is 25.7. The number of aryl methyl sites for hydroxylation is 2. The highest BCUT2D eigenvalue weighted by Crippen LogP contribution is 2.18. The van der Waals surface area contributed by atoms with Gasteiger partial charge < -0.3 is 10.0 Å². The van der Waals surface area contributed by atoms with Gasteiger partial charge in [-0.2, -0.15) is 5.10 Å². The third-order valence-corrected chi connectivity index (χ3v) is 4.27. The van der Waals surface area contributed by atoms with E-state index in [2.05, 4.69) is 5.10 Å². The molecule has 0 aliphatic carbocycles. The van der Waals surface area contributed by atoms with Gasteiger partial charge in [0, 0.05) is 18.7 Å². The van der Waals surface area contributed by atoms with Crippen LogP contribution in [0.2, 0.25) is 0 Å². The van der Waals surface area contributed by atoms with Crippen molar-refractivity contribution in [1.82, 2.24) is 14.7 Å². The fourth-order valence-electron chi connectivity index (χ4n) is 2.90. The van der Waals surface area contributed by atoms with Crippen LogP contribution in [0.4, 0.5) is 0 Å². The molecule has 1 heterocycles. The van der Waals surface area contributed by atoms with Gasteiger partial charge >= 0.3 is 5.97 Å². The lowest BCUT2D eigenvalue weighted by Crippen LogP contribution is -2.43. The molecule has 1 amide bonds. The molecule has 0 saturated carbocycles. The van der Waals surface area contributed by atoms with E-state index in [4.69, 9.17) is 0 Å². The standard InChI is InChI=1S/C19H25N3O3/c1-13-10-14(2)22(20-13)15(3)11-18(23)21(16(4)19(24)25)12-17-8-6-5-7-9-17/h5-10,15-16H,11-12H2,1-4H3,(H,24,25). The van der Waals surface area contributed by atoms with Gasteiger partial charge in [-0.25, -0.2) is 4.79 Å². The van der Waals surface area contributed by atoms with Crippen LogP contribution in [-0.4, -0.2) is 37.7 Å². The van der Waals surface area contributed by atoms with E-state index >= 15 is 0 Å². The molecule has 0 aliphatic rings. The number of carbonyl (C=O) groups excluding carboxylic acids is 1. The van der Waals surface area contributed by atoms with E-state index in [-0.39, 0.29) is 24.9 Å². The molecule has 2 rings (SSSR count). The van der Waals surface area contributed by atoms with Gasteiger partial charge in [0.2, 0.25) is 5.91 Å². The largest absolute Gasteiger partial charge is 0.480 e. The van der Waals surface area contributed by atoms with Crippen LogP contribution in [0.1, 0.15) is 43.3 Å². The first-order valence-corrected chi connectivity index (χ1v) is 8.38. The highest BCUT2D eigenvalue weighted by atomic mass is 16.4. The minimum Gasteiger partial charge on any atom is -0.480 e. The molecule has 0 saturated heterocycles. The third-order valence-electron chi connectivity index (χ3n) is 4.27. The number of carboxylic acid groups (broad SMARTS) is 1. The highest BCUT2D eigenvalue weighted by molar-refractivity contribution is 5.83. The number of aliphatic carboxylic acids is 1. The molecule has 1 N–H and O–H groups in total. The predicted octanol–water partition coefficient (Wildman–Crippen LogP) is 2.95. The van der Waals surface area contributed by atoms with Crippen LogP contribution in [0.5, 0.6) is 0 Å². The summed E-state index contributed by atoms with van der Waals surface area (Å²) < 4.78 is 1.82. The fraction of sp³-hybridized carbons (Fsp3) is 0.421. The maximum atomic E-state index is 12.8. The average molecular weight is 343 g/mol. The van der Waals surface area contributed by atoms with E-state index in [0.717, 1.165) is 17.0 Å². The molecule has 0 aliphatic heterocycles. The summed E-state index contributed by atoms with van der Waals surface area (Å²) in [5.41, 5.74) is 2.79. The summed E-state index contributed by atoms with van der Waals surface area (Å²) in [5, 5.41) is 13.8. The number of carbonyl (C=O) groups is 2. The van der Waals surface area contributed by atoms with Crippen molar-refractivity contribution in [2.24, 2.45) is 0 Å². The Morgan fingerprint density at radius 1 is 1.20 bits per heavy atom. The number of benzene rings is 1. The minimum atomic E-state index is -1.01. The van der Waals surface area contributed by atoms with Gasteiger partial charge in [0.05, 0.1) is 11.7 Å². The summed E-state index contributed by atoms with van der Waals surface area (Å²) in [6.45, 7) is 7.59. The van der Waals surface area contributed by atoms with Crippen molar-refractivity contribution in [3.05, 3.63) is 53.3 Å². The van der Waals surface area contributed by atoms with Crippen LogP contribution < -0.4 is 0 Å². The molecule has 25 heavy (non-hydrogen) atoms. The molecular weight excluding hydrogens is 318 g/mol. The predicted molar refractivity (Wildman–Crippen MR) is 95.1 cm³/mol. The molecule has 0 fully saturated rings. The number of nitrogens with zero attached hydrogens (tertiary/aromatic N) is 3. The van der Waals surface area contributed by atoms with Crippen molar-refractivity contribution in [2.45, 2.75) is 52.7 Å². The van der Waals surface area contributed by atoms with Crippen LogP contribution in [-0.2, 0) is 16.1 Å². The number of carboxylic acids is 1. The molecule has 2 atom stereocenters. The lowest BCUT2D eigenvalue weighted by molar-refractivity contribution is -0.150. The van der Waals surface area contributed by atoms with Gasteiger partial charge in [-0.15, -0.1) is 0 Å². The second-order valence-corrected chi connectivity index (χ2v) is 6.45. The van der Waals surface area contributed by atoms with Gasteiger partial charge in [-0.3, -0.25) is 9.48 Å². The Bertz CT molecular complexity index is 740. The van der Waals surface area contributed by atoms with E-state index in [1.54, 1.807) is 0 Å². The minimum absolute atomic E-state index is 0.138. The van der Waals surface area contributed by atoms with Crippen LogP contribution in [0.25, 0.3) is 0 Å². The van der Waals surface area contributed by atoms with Crippen molar-refractivity contribution in [3.63, 3.8) is 0 Å². The van der Waals surface area contributed by atoms with Crippen LogP contribution in [0.3, 0.4) is 0 Å². The quantitative estimate of drug-likeness (QED) is 0.839. The van der Waals surface area contributed by atoms with E-state index in [0.29, 0.717) is 0 Å². The zero-order valence-corrected chi connectivity index (χ0v) is 15.1. The summed E-state index contributed by atoms with van der Waals surface area (Å²) in [6, 6.07) is 10.4. The maximum Gasteiger partial charge on any atom is 0.326 e. The molecule has 2 unspecified atom stereocenters. The van der Waals surface area contributed by atoms with E-state index in [9.17, 15) is 14.7 Å². The molecule has 6 nitrogen and oxygen atoms in total. The van der Waals surface area contributed by atoms with E-state index in [1.165, 1.54) is 11.8 Å². The molecule has 0 radical (unpaired) electrons. The molecule has 0 bridgehead atoms. The molecule has 1 aromatic carbocycles. The Labute approximate surface area is 148 Å². The SMILES string of the molecule is Cc1cc(C)n(C(C)CC(=O)N(Cc2ccccc2)C(C)C(=O)O)n1. The second kappa shape index (κ2) is 7.96. The van der Waals surface area contributed by atoms with Crippen LogP contribution in [0.15, 0.2) is 36.4 Å². The summed E-state index contributed by atoms with van der Waals surface area (Å²) >= 11 is 0. The Morgan fingerprint density at radius 3 is 2.36 bits per heavy atom. The van der Waals surface area contributed by atoms with Gasteiger partial charge in [-0.1, -0.05) is 30.3 Å². The topological polar surface area (TPSA) is 75.4 Å². The summed E-state index contributed by atoms with van der Waals surface area (Å²) in [7, 11) is 0. The normalized spacial score (nSPS) is 13.3. The highest BCUT2D eigenvalue weighted by Gasteiger charge is 2.27. The molecular formula is C19H25N3O3. The molecule has 134 valence electrons. The van der Waals surface area contributed by atoms with Crippen molar-refractivity contribution in [2.75, 3.05) is 0 Å². The smallest absolute Gasteiger partial charge is 0.326 e. The Balaban J connectivity index is 2.17. The molecule has 1 aromatic heterocycles. The number of rotatable bonds is 7. The number of hydrogen-bond acceptors (Lipinski definition) is 3. The van der Waals surface area contributed by atoms with Gasteiger partial charge in [0.25, 0.3) is 0 Å². The average Bonchev–Trinajstić information content (AvgIpc) is 2.91. The lowest BCUT2D eigenvalue weighted by atomic mass is 10.1. The van der Waals surface area contributed by atoms with E-state index in [1.807, 2.05) is 61.9 Å². The lowest BCUT2D eigenvalue weighted by Gasteiger charge is -2.28. The van der Waals surface area contributed by atoms with Crippen LogP contribution >= 0.6 is 0 Å². The number of hydrogen-bond donors (Lipinski definition) is 1. The monoisotopic (exact) mass is 343 g/mol. The van der Waals surface area contributed by atoms with Crippen molar-refractivity contribution in [1.29, 1.82) is 0 Å². The number of aromatic nitrogens is 2. The zero-order chi connectivity index (χ0) is 18.6. The fourth-order valence-corrected chi connectivity index (χ4v) is 2.90. The van der Waals surface area contributed by atoms with Crippen molar-refractivity contribution >= 4 is 11.9 Å². The summed E-state index contributed by atoms with van der Waals surface area (Å²) in [5.74, 6) is -1.21. The third kappa shape index (κ3) is 4.68. The first-order chi connectivity index (χ1) is 11.8.